The topological polar surface area (TPSA) is 80.5 Å². The second-order valence-electron chi connectivity index (χ2n) is 7.25. The third-order valence-electron chi connectivity index (χ3n) is 5.66. The van der Waals surface area contributed by atoms with Crippen molar-refractivity contribution in [2.45, 2.75) is 23.1 Å². The van der Waals surface area contributed by atoms with Crippen LogP contribution in [-0.4, -0.2) is 29.9 Å². The average molecular weight is 427 g/mol. The molecule has 1 aliphatic heterocycles. The zero-order valence-corrected chi connectivity index (χ0v) is 17.1. The van der Waals surface area contributed by atoms with E-state index >= 15 is 0 Å². The summed E-state index contributed by atoms with van der Waals surface area (Å²) in [4.78, 5) is 10.5. The molecule has 0 amide bonds. The van der Waals surface area contributed by atoms with Gasteiger partial charge in [0.1, 0.15) is 0 Å². The lowest BCUT2D eigenvalue weighted by Crippen LogP contribution is -2.30. The summed E-state index contributed by atoms with van der Waals surface area (Å²) >= 11 is 1.60. The van der Waals surface area contributed by atoms with Gasteiger partial charge in [-0.1, -0.05) is 36.4 Å². The molecule has 1 aliphatic carbocycles. The van der Waals surface area contributed by atoms with Gasteiger partial charge in [0.25, 0.3) is 5.69 Å². The standard InChI is InChI=1S/C21H18N2O4S2/c24-23(25)16-4-2-5-17(13-16)29(26,27)22-11-12-28-21(22)19-10-9-15-8-7-14-3-1-6-18(19)20(14)15/h1-6,9-10,13,21H,7-8,11-12H2/t21-/m1/s1. The Kier molecular flexibility index (Phi) is 4.38. The van der Waals surface area contributed by atoms with Crippen LogP contribution in [0.3, 0.4) is 0 Å². The molecule has 0 N–H and O–H groups in total. The molecule has 0 unspecified atom stereocenters. The first-order chi connectivity index (χ1) is 14.0. The van der Waals surface area contributed by atoms with Gasteiger partial charge < -0.3 is 0 Å². The van der Waals surface area contributed by atoms with Gasteiger partial charge in [-0.25, -0.2) is 8.42 Å². The summed E-state index contributed by atoms with van der Waals surface area (Å²) < 4.78 is 28.2. The second kappa shape index (κ2) is 6.83. The van der Waals surface area contributed by atoms with Gasteiger partial charge in [0.15, 0.2) is 0 Å². The minimum Gasteiger partial charge on any atom is -0.258 e. The van der Waals surface area contributed by atoms with Gasteiger partial charge in [-0.15, -0.1) is 11.8 Å². The van der Waals surface area contributed by atoms with Crippen LogP contribution in [0.25, 0.3) is 10.8 Å². The van der Waals surface area contributed by atoms with E-state index in [1.54, 1.807) is 11.8 Å². The molecule has 1 heterocycles. The summed E-state index contributed by atoms with van der Waals surface area (Å²) in [5.74, 6) is 0.682. The summed E-state index contributed by atoms with van der Waals surface area (Å²) in [6.07, 6.45) is 2.03. The summed E-state index contributed by atoms with van der Waals surface area (Å²) in [5, 5.41) is 13.1. The van der Waals surface area contributed by atoms with Crippen molar-refractivity contribution < 1.29 is 13.3 Å². The van der Waals surface area contributed by atoms with Crippen molar-refractivity contribution in [1.82, 2.24) is 4.31 Å². The molecule has 3 aromatic rings. The third kappa shape index (κ3) is 2.94. The van der Waals surface area contributed by atoms with Crippen molar-refractivity contribution in [2.75, 3.05) is 12.3 Å². The van der Waals surface area contributed by atoms with Gasteiger partial charge in [-0.3, -0.25) is 10.1 Å². The Hall–Kier alpha value is -2.42. The number of nitro benzene ring substituents is 1. The molecule has 0 spiro atoms. The molecule has 1 fully saturated rings. The van der Waals surface area contributed by atoms with E-state index in [-0.39, 0.29) is 16.0 Å². The Morgan fingerprint density at radius 3 is 2.59 bits per heavy atom. The molecule has 5 rings (SSSR count). The second-order valence-corrected chi connectivity index (χ2v) is 10.3. The maximum atomic E-state index is 13.4. The van der Waals surface area contributed by atoms with Crippen LogP contribution in [0.2, 0.25) is 0 Å². The van der Waals surface area contributed by atoms with Gasteiger partial charge in [0.2, 0.25) is 10.0 Å². The number of non-ortho nitro benzene ring substituents is 1. The lowest BCUT2D eigenvalue weighted by atomic mass is 10.00. The van der Waals surface area contributed by atoms with Crippen molar-refractivity contribution >= 4 is 38.2 Å². The molecule has 2 aliphatic rings. The summed E-state index contributed by atoms with van der Waals surface area (Å²) in [7, 11) is -3.86. The minimum absolute atomic E-state index is 0.0369. The number of hydrogen-bond acceptors (Lipinski definition) is 5. The van der Waals surface area contributed by atoms with Crippen LogP contribution in [0.5, 0.6) is 0 Å². The fourth-order valence-corrected chi connectivity index (χ4v) is 7.63. The molecular formula is C21H18N2O4S2. The van der Waals surface area contributed by atoms with Crippen molar-refractivity contribution in [1.29, 1.82) is 0 Å². The maximum absolute atomic E-state index is 13.4. The van der Waals surface area contributed by atoms with E-state index in [2.05, 4.69) is 18.2 Å². The lowest BCUT2D eigenvalue weighted by Gasteiger charge is -2.25. The molecular weight excluding hydrogens is 408 g/mol. The Labute approximate surface area is 172 Å². The van der Waals surface area contributed by atoms with Crippen molar-refractivity contribution in [2.24, 2.45) is 0 Å². The summed E-state index contributed by atoms with van der Waals surface area (Å²) in [6.45, 7) is 0.378. The molecule has 0 aromatic heterocycles. The molecule has 8 heteroatoms. The zero-order valence-electron chi connectivity index (χ0n) is 15.4. The van der Waals surface area contributed by atoms with E-state index in [1.807, 2.05) is 12.1 Å². The highest BCUT2D eigenvalue weighted by molar-refractivity contribution is 8.01. The first-order valence-electron chi connectivity index (χ1n) is 9.38. The first-order valence-corrected chi connectivity index (χ1v) is 11.9. The largest absolute Gasteiger partial charge is 0.270 e. The normalized spacial score (nSPS) is 19.1. The predicted molar refractivity (Wildman–Crippen MR) is 114 cm³/mol. The Balaban J connectivity index is 1.61. The Bertz CT molecular complexity index is 1250. The monoisotopic (exact) mass is 426 g/mol. The molecule has 29 heavy (non-hydrogen) atoms. The molecule has 1 saturated heterocycles. The third-order valence-corrected chi connectivity index (χ3v) is 8.90. The van der Waals surface area contributed by atoms with Crippen LogP contribution in [0.15, 0.2) is 59.5 Å². The Morgan fingerprint density at radius 2 is 1.79 bits per heavy atom. The number of thioether (sulfide) groups is 1. The number of aryl methyl sites for hydroxylation is 2. The number of nitrogens with zero attached hydrogens (tertiary/aromatic N) is 2. The van der Waals surface area contributed by atoms with Crippen LogP contribution in [0, 0.1) is 10.1 Å². The first kappa shape index (κ1) is 18.6. The number of rotatable bonds is 4. The van der Waals surface area contributed by atoms with Crippen LogP contribution in [-0.2, 0) is 22.9 Å². The number of benzene rings is 3. The number of nitro groups is 1. The lowest BCUT2D eigenvalue weighted by molar-refractivity contribution is -0.385. The molecule has 148 valence electrons. The van der Waals surface area contributed by atoms with E-state index in [9.17, 15) is 18.5 Å². The van der Waals surface area contributed by atoms with Crippen LogP contribution in [0.4, 0.5) is 5.69 Å². The van der Waals surface area contributed by atoms with E-state index in [0.29, 0.717) is 12.3 Å². The fourth-order valence-electron chi connectivity index (χ4n) is 4.32. The summed E-state index contributed by atoms with van der Waals surface area (Å²) in [5.41, 5.74) is 3.40. The summed E-state index contributed by atoms with van der Waals surface area (Å²) in [6, 6.07) is 15.7. The quantitative estimate of drug-likeness (QED) is 0.459. The van der Waals surface area contributed by atoms with E-state index in [4.69, 9.17) is 0 Å². The van der Waals surface area contributed by atoms with Crippen LogP contribution < -0.4 is 0 Å². The highest BCUT2D eigenvalue weighted by Crippen LogP contribution is 2.45. The van der Waals surface area contributed by atoms with Gasteiger partial charge in [-0.2, -0.15) is 4.31 Å². The van der Waals surface area contributed by atoms with Crippen LogP contribution >= 0.6 is 11.8 Å². The molecule has 3 aromatic carbocycles. The van der Waals surface area contributed by atoms with Gasteiger partial charge >= 0.3 is 0 Å². The average Bonchev–Trinajstić information content (AvgIpc) is 3.37. The van der Waals surface area contributed by atoms with Crippen molar-refractivity contribution in [3.05, 3.63) is 81.4 Å². The van der Waals surface area contributed by atoms with E-state index < -0.39 is 14.9 Å². The van der Waals surface area contributed by atoms with Crippen LogP contribution in [0.1, 0.15) is 22.1 Å². The van der Waals surface area contributed by atoms with Gasteiger partial charge in [0, 0.05) is 24.4 Å². The minimum atomic E-state index is -3.86. The maximum Gasteiger partial charge on any atom is 0.270 e. The zero-order chi connectivity index (χ0) is 20.2. The molecule has 6 nitrogen and oxygen atoms in total. The SMILES string of the molecule is O=[N+]([O-])c1cccc(S(=O)(=O)N2CCS[C@@H]2c2ccc3c4c(cccc24)CC3)c1. The Morgan fingerprint density at radius 1 is 1.03 bits per heavy atom. The molecule has 0 bridgehead atoms. The highest BCUT2D eigenvalue weighted by atomic mass is 32.2. The van der Waals surface area contributed by atoms with Gasteiger partial charge in [0.05, 0.1) is 15.2 Å². The molecule has 0 saturated carbocycles. The van der Waals surface area contributed by atoms with Crippen molar-refractivity contribution in [3.63, 3.8) is 0 Å². The van der Waals surface area contributed by atoms with Gasteiger partial charge in [-0.05, 0) is 46.4 Å². The molecule has 0 radical (unpaired) electrons. The van der Waals surface area contributed by atoms with Crippen molar-refractivity contribution in [3.8, 4) is 0 Å². The fraction of sp³-hybridized carbons (Fsp3) is 0.238. The predicted octanol–water partition coefficient (Wildman–Crippen LogP) is 4.28. The smallest absolute Gasteiger partial charge is 0.258 e. The highest BCUT2D eigenvalue weighted by Gasteiger charge is 2.38. The molecule has 1 atom stereocenters. The van der Waals surface area contributed by atoms with E-state index in [1.165, 1.54) is 39.0 Å². The number of hydrogen-bond donors (Lipinski definition) is 0. The number of sulfonamides is 1. The van der Waals surface area contributed by atoms with E-state index in [0.717, 1.165) is 29.9 Å².